The van der Waals surface area contributed by atoms with Crippen molar-refractivity contribution in [1.82, 2.24) is 0 Å². The first-order valence-corrected chi connectivity index (χ1v) is 7.32. The maximum atomic E-state index is 11.6. The van der Waals surface area contributed by atoms with E-state index in [0.29, 0.717) is 0 Å². The molecule has 1 aromatic rings. The van der Waals surface area contributed by atoms with Crippen LogP contribution < -0.4 is 10.2 Å². The lowest BCUT2D eigenvalue weighted by Crippen LogP contribution is -2.36. The molecule has 1 N–H and O–H groups in total. The molecule has 0 bridgehead atoms. The third-order valence-electron chi connectivity index (χ3n) is 3.10. The smallest absolute Gasteiger partial charge is 0.325 e. The van der Waals surface area contributed by atoms with Gasteiger partial charge in [-0.25, -0.2) is 0 Å². The zero-order valence-corrected chi connectivity index (χ0v) is 13.0. The lowest BCUT2D eigenvalue weighted by Gasteiger charge is -2.29. The van der Waals surface area contributed by atoms with Crippen molar-refractivity contribution < 1.29 is 14.3 Å². The number of carbonyl (C=O) groups is 1. The summed E-state index contributed by atoms with van der Waals surface area (Å²) in [7, 11) is 0. The molecule has 21 heavy (non-hydrogen) atoms. The van der Waals surface area contributed by atoms with Gasteiger partial charge in [0.25, 0.3) is 0 Å². The average Bonchev–Trinajstić information content (AvgIpc) is 2.45. The van der Waals surface area contributed by atoms with Crippen LogP contribution in [0.1, 0.15) is 20.8 Å². The first-order valence-electron chi connectivity index (χ1n) is 7.32. The summed E-state index contributed by atoms with van der Waals surface area (Å²) in [6.45, 7) is 9.16. The number of hydrogen-bond donors (Lipinski definition) is 1. The summed E-state index contributed by atoms with van der Waals surface area (Å²) in [4.78, 5) is 13.9. The molecule has 5 nitrogen and oxygen atoms in total. The van der Waals surface area contributed by atoms with Crippen molar-refractivity contribution in [3.8, 4) is 0 Å². The maximum Gasteiger partial charge on any atom is 0.325 e. The molecule has 0 unspecified atom stereocenters. The number of benzene rings is 1. The zero-order valence-electron chi connectivity index (χ0n) is 13.0. The quantitative estimate of drug-likeness (QED) is 0.863. The van der Waals surface area contributed by atoms with Crippen molar-refractivity contribution in [3.05, 3.63) is 24.3 Å². The number of ether oxygens (including phenoxy) is 2. The fourth-order valence-electron chi connectivity index (χ4n) is 2.16. The molecule has 0 amide bonds. The summed E-state index contributed by atoms with van der Waals surface area (Å²) in [5.74, 6) is -0.250. The summed E-state index contributed by atoms with van der Waals surface area (Å²) in [6.07, 6.45) is 0. The van der Waals surface area contributed by atoms with E-state index < -0.39 is 5.60 Å². The molecule has 0 saturated carbocycles. The Hall–Kier alpha value is -1.75. The largest absolute Gasteiger partial charge is 0.459 e. The molecule has 116 valence electrons. The first kappa shape index (κ1) is 15.6. The topological polar surface area (TPSA) is 50.8 Å². The van der Waals surface area contributed by atoms with Crippen molar-refractivity contribution >= 4 is 17.3 Å². The van der Waals surface area contributed by atoms with E-state index in [2.05, 4.69) is 22.3 Å². The minimum absolute atomic E-state index is 0.175. The molecule has 0 atom stereocenters. The Balaban J connectivity index is 1.83. The van der Waals surface area contributed by atoms with E-state index in [1.54, 1.807) is 0 Å². The Morgan fingerprint density at radius 2 is 1.86 bits per heavy atom. The van der Waals surface area contributed by atoms with Crippen LogP contribution in [0.5, 0.6) is 0 Å². The van der Waals surface area contributed by atoms with E-state index in [4.69, 9.17) is 9.47 Å². The van der Waals surface area contributed by atoms with E-state index in [0.717, 1.165) is 32.0 Å². The predicted octanol–water partition coefficient (Wildman–Crippen LogP) is 2.28. The summed E-state index contributed by atoms with van der Waals surface area (Å²) in [6, 6.07) is 8.08. The number of nitrogens with zero attached hydrogens (tertiary/aromatic N) is 1. The van der Waals surface area contributed by atoms with Crippen LogP contribution in [-0.2, 0) is 14.3 Å². The van der Waals surface area contributed by atoms with E-state index in [1.165, 1.54) is 5.69 Å². The van der Waals surface area contributed by atoms with Crippen molar-refractivity contribution in [2.75, 3.05) is 43.1 Å². The summed E-state index contributed by atoms with van der Waals surface area (Å²) < 4.78 is 10.6. The Morgan fingerprint density at radius 3 is 2.43 bits per heavy atom. The molecule has 1 aromatic carbocycles. The van der Waals surface area contributed by atoms with Crippen LogP contribution in [0.4, 0.5) is 11.4 Å². The minimum Gasteiger partial charge on any atom is -0.459 e. The van der Waals surface area contributed by atoms with Crippen molar-refractivity contribution in [3.63, 3.8) is 0 Å². The van der Waals surface area contributed by atoms with Crippen LogP contribution >= 0.6 is 0 Å². The normalized spacial score (nSPS) is 15.7. The summed E-state index contributed by atoms with van der Waals surface area (Å²) in [5.41, 5.74) is 1.65. The van der Waals surface area contributed by atoms with Gasteiger partial charge in [-0.3, -0.25) is 4.79 Å². The lowest BCUT2D eigenvalue weighted by atomic mass is 10.2. The van der Waals surface area contributed by atoms with Gasteiger partial charge >= 0.3 is 5.97 Å². The molecule has 1 saturated heterocycles. The van der Waals surface area contributed by atoms with Crippen molar-refractivity contribution in [2.45, 2.75) is 26.4 Å². The Morgan fingerprint density at radius 1 is 1.24 bits per heavy atom. The van der Waals surface area contributed by atoms with Crippen molar-refractivity contribution in [1.29, 1.82) is 0 Å². The summed E-state index contributed by atoms with van der Waals surface area (Å²) in [5, 5.41) is 3.08. The molecular formula is C16H24N2O3. The maximum absolute atomic E-state index is 11.6. The molecule has 0 spiro atoms. The number of hydrogen-bond acceptors (Lipinski definition) is 5. The van der Waals surface area contributed by atoms with Crippen LogP contribution in [0.2, 0.25) is 0 Å². The van der Waals surface area contributed by atoms with Crippen LogP contribution in [0, 0.1) is 0 Å². The molecular weight excluding hydrogens is 268 g/mol. The Labute approximate surface area is 126 Å². The molecule has 1 aliphatic rings. The van der Waals surface area contributed by atoms with Crippen LogP contribution in [0.15, 0.2) is 24.3 Å². The van der Waals surface area contributed by atoms with Crippen LogP contribution in [0.3, 0.4) is 0 Å². The molecule has 1 fully saturated rings. The average molecular weight is 292 g/mol. The second-order valence-corrected chi connectivity index (χ2v) is 6.09. The van der Waals surface area contributed by atoms with Gasteiger partial charge in [-0.2, -0.15) is 0 Å². The Kier molecular flexibility index (Phi) is 5.07. The molecule has 2 rings (SSSR count). The van der Waals surface area contributed by atoms with Crippen molar-refractivity contribution in [2.24, 2.45) is 0 Å². The van der Waals surface area contributed by atoms with Gasteiger partial charge in [0.15, 0.2) is 0 Å². The minimum atomic E-state index is -0.445. The number of rotatable bonds is 4. The van der Waals surface area contributed by atoms with E-state index in [-0.39, 0.29) is 12.5 Å². The van der Waals surface area contributed by atoms with Gasteiger partial charge in [-0.15, -0.1) is 0 Å². The van der Waals surface area contributed by atoms with E-state index in [1.807, 2.05) is 32.9 Å². The third kappa shape index (κ3) is 5.27. The third-order valence-corrected chi connectivity index (χ3v) is 3.10. The standard InChI is InChI=1S/C16H24N2O3/c1-16(2,3)21-15(19)12-17-13-4-6-14(7-5-13)18-8-10-20-11-9-18/h4-7,17H,8-12H2,1-3H3. The highest BCUT2D eigenvalue weighted by molar-refractivity contribution is 5.75. The van der Waals surface area contributed by atoms with Gasteiger partial charge in [-0.05, 0) is 45.0 Å². The molecule has 5 heteroatoms. The highest BCUT2D eigenvalue weighted by atomic mass is 16.6. The highest BCUT2D eigenvalue weighted by Crippen LogP contribution is 2.19. The van der Waals surface area contributed by atoms with E-state index in [9.17, 15) is 4.79 Å². The molecule has 0 aliphatic carbocycles. The zero-order chi connectivity index (χ0) is 15.3. The number of nitrogens with one attached hydrogen (secondary N) is 1. The monoisotopic (exact) mass is 292 g/mol. The molecule has 1 heterocycles. The van der Waals surface area contributed by atoms with Gasteiger partial charge in [0.05, 0.1) is 13.2 Å². The lowest BCUT2D eigenvalue weighted by molar-refractivity contribution is -0.152. The molecule has 0 radical (unpaired) electrons. The van der Waals surface area contributed by atoms with Gasteiger partial charge in [0.1, 0.15) is 12.1 Å². The van der Waals surface area contributed by atoms with Gasteiger partial charge in [0.2, 0.25) is 0 Å². The molecule has 1 aliphatic heterocycles. The van der Waals surface area contributed by atoms with Crippen LogP contribution in [0.25, 0.3) is 0 Å². The summed E-state index contributed by atoms with van der Waals surface area (Å²) >= 11 is 0. The number of carbonyl (C=O) groups excluding carboxylic acids is 1. The predicted molar refractivity (Wildman–Crippen MR) is 83.8 cm³/mol. The first-order chi connectivity index (χ1) is 9.94. The molecule has 0 aromatic heterocycles. The van der Waals surface area contributed by atoms with Gasteiger partial charge in [-0.1, -0.05) is 0 Å². The fourth-order valence-corrected chi connectivity index (χ4v) is 2.16. The highest BCUT2D eigenvalue weighted by Gasteiger charge is 2.16. The van der Waals surface area contributed by atoms with Gasteiger partial charge in [0, 0.05) is 24.5 Å². The number of esters is 1. The SMILES string of the molecule is CC(C)(C)OC(=O)CNc1ccc(N2CCOCC2)cc1. The second-order valence-electron chi connectivity index (χ2n) is 6.09. The number of anilines is 2. The van der Waals surface area contributed by atoms with Gasteiger partial charge < -0.3 is 19.7 Å². The van der Waals surface area contributed by atoms with Crippen LogP contribution in [-0.4, -0.2) is 44.4 Å². The van der Waals surface area contributed by atoms with E-state index >= 15 is 0 Å². The second kappa shape index (κ2) is 6.80. The number of morpholine rings is 1. The Bertz CT molecular complexity index is 459. The fraction of sp³-hybridized carbons (Fsp3) is 0.562.